The lowest BCUT2D eigenvalue weighted by Crippen LogP contribution is -2.35. The number of carbonyl (C=O) groups is 2. The molecule has 0 atom stereocenters. The molecule has 2 aromatic rings. The van der Waals surface area contributed by atoms with Gasteiger partial charge in [0.25, 0.3) is 5.91 Å². The highest BCUT2D eigenvalue weighted by Crippen LogP contribution is 2.22. The zero-order chi connectivity index (χ0) is 20.1. The quantitative estimate of drug-likeness (QED) is 0.749. The molecule has 0 spiro atoms. The molecule has 0 bridgehead atoms. The Hall–Kier alpha value is -2.96. The van der Waals surface area contributed by atoms with Crippen molar-refractivity contribution < 1.29 is 23.1 Å². The summed E-state index contributed by atoms with van der Waals surface area (Å²) in [5, 5.41) is 0. The number of anilines is 1. The van der Waals surface area contributed by atoms with Gasteiger partial charge in [-0.2, -0.15) is 8.78 Å². The number of rotatable bonds is 6. The van der Waals surface area contributed by atoms with Crippen molar-refractivity contribution in [3.8, 4) is 5.75 Å². The zero-order valence-corrected chi connectivity index (χ0v) is 15.6. The molecule has 0 radical (unpaired) electrons. The largest absolute Gasteiger partial charge is 0.435 e. The summed E-state index contributed by atoms with van der Waals surface area (Å²) < 4.78 is 28.7. The maximum absolute atomic E-state index is 12.6. The fourth-order valence-corrected chi connectivity index (χ4v) is 3.21. The van der Waals surface area contributed by atoms with E-state index in [4.69, 9.17) is 0 Å². The van der Waals surface area contributed by atoms with E-state index < -0.39 is 6.61 Å². The minimum absolute atomic E-state index is 0.0792. The van der Waals surface area contributed by atoms with Crippen LogP contribution >= 0.6 is 0 Å². The molecule has 0 aliphatic carbocycles. The lowest BCUT2D eigenvalue weighted by molar-refractivity contribution is -0.119. The van der Waals surface area contributed by atoms with E-state index in [0.29, 0.717) is 25.1 Å². The molecular weight excluding hydrogens is 366 g/mol. The van der Waals surface area contributed by atoms with Crippen LogP contribution in [0.2, 0.25) is 0 Å². The summed E-state index contributed by atoms with van der Waals surface area (Å²) in [6, 6.07) is 13.2. The number of piperidine rings is 1. The van der Waals surface area contributed by atoms with Crippen LogP contribution in [0.5, 0.6) is 5.75 Å². The van der Waals surface area contributed by atoms with Crippen LogP contribution in [0.25, 0.3) is 0 Å². The van der Waals surface area contributed by atoms with Gasteiger partial charge >= 0.3 is 6.61 Å². The SMILES string of the molecule is CN(Cc1ccc(OC(F)F)cc1)C(=O)c1ccc(N2CCCCC2=O)cc1. The fraction of sp³-hybridized carbons (Fsp3) is 0.333. The van der Waals surface area contributed by atoms with E-state index in [1.807, 2.05) is 0 Å². The molecule has 1 aliphatic rings. The van der Waals surface area contributed by atoms with Gasteiger partial charge in [-0.3, -0.25) is 9.59 Å². The molecule has 2 amide bonds. The molecule has 1 aliphatic heterocycles. The van der Waals surface area contributed by atoms with Crippen molar-refractivity contribution in [3.63, 3.8) is 0 Å². The van der Waals surface area contributed by atoms with E-state index in [2.05, 4.69) is 4.74 Å². The van der Waals surface area contributed by atoms with E-state index in [9.17, 15) is 18.4 Å². The Labute approximate surface area is 162 Å². The predicted octanol–water partition coefficient (Wildman–Crippen LogP) is 4.08. The summed E-state index contributed by atoms with van der Waals surface area (Å²) in [6.45, 7) is -1.82. The average molecular weight is 388 g/mol. The second-order valence-electron chi connectivity index (χ2n) is 6.73. The summed E-state index contributed by atoms with van der Waals surface area (Å²) in [7, 11) is 1.67. The molecule has 1 saturated heterocycles. The van der Waals surface area contributed by atoms with E-state index in [-0.39, 0.29) is 17.6 Å². The third-order valence-corrected chi connectivity index (χ3v) is 4.66. The van der Waals surface area contributed by atoms with Gasteiger partial charge in [0.1, 0.15) is 5.75 Å². The first-order valence-electron chi connectivity index (χ1n) is 9.13. The Morgan fingerprint density at radius 2 is 1.79 bits per heavy atom. The van der Waals surface area contributed by atoms with Crippen molar-refractivity contribution in [2.75, 3.05) is 18.5 Å². The van der Waals surface area contributed by atoms with Gasteiger partial charge in [-0.1, -0.05) is 12.1 Å². The Bertz CT molecular complexity index is 823. The van der Waals surface area contributed by atoms with Crippen molar-refractivity contribution in [1.29, 1.82) is 0 Å². The fourth-order valence-electron chi connectivity index (χ4n) is 3.21. The summed E-state index contributed by atoms with van der Waals surface area (Å²) in [5.74, 6) is 0.0294. The molecule has 0 aromatic heterocycles. The molecule has 0 N–H and O–H groups in total. The van der Waals surface area contributed by atoms with Gasteiger partial charge in [-0.15, -0.1) is 0 Å². The van der Waals surface area contributed by atoms with Crippen LogP contribution in [0, 0.1) is 0 Å². The Morgan fingerprint density at radius 1 is 1.11 bits per heavy atom. The molecule has 148 valence electrons. The summed E-state index contributed by atoms with van der Waals surface area (Å²) >= 11 is 0. The highest BCUT2D eigenvalue weighted by Gasteiger charge is 2.20. The standard InChI is InChI=1S/C21H22F2N2O3/c1-24(14-15-5-11-18(12-6-15)28-21(22)23)20(27)16-7-9-17(10-8-16)25-13-3-2-4-19(25)26/h5-12,21H,2-4,13-14H2,1H3. The molecular formula is C21H22F2N2O3. The van der Waals surface area contributed by atoms with Crippen molar-refractivity contribution in [2.24, 2.45) is 0 Å². The second-order valence-corrected chi connectivity index (χ2v) is 6.73. The first-order chi connectivity index (χ1) is 13.4. The summed E-state index contributed by atoms with van der Waals surface area (Å²) in [4.78, 5) is 27.9. The monoisotopic (exact) mass is 388 g/mol. The predicted molar refractivity (Wildman–Crippen MR) is 102 cm³/mol. The minimum Gasteiger partial charge on any atom is -0.435 e. The van der Waals surface area contributed by atoms with Gasteiger partial charge in [0.2, 0.25) is 5.91 Å². The molecule has 5 nitrogen and oxygen atoms in total. The van der Waals surface area contributed by atoms with Gasteiger partial charge in [-0.25, -0.2) is 0 Å². The highest BCUT2D eigenvalue weighted by atomic mass is 19.3. The maximum atomic E-state index is 12.6. The normalized spacial score (nSPS) is 14.3. The number of amides is 2. The molecule has 2 aromatic carbocycles. The zero-order valence-electron chi connectivity index (χ0n) is 15.6. The van der Waals surface area contributed by atoms with E-state index in [1.165, 1.54) is 12.1 Å². The minimum atomic E-state index is -2.86. The molecule has 28 heavy (non-hydrogen) atoms. The van der Waals surface area contributed by atoms with Crippen molar-refractivity contribution in [2.45, 2.75) is 32.4 Å². The van der Waals surface area contributed by atoms with E-state index in [0.717, 1.165) is 24.1 Å². The Balaban J connectivity index is 1.62. The topological polar surface area (TPSA) is 49.9 Å². The molecule has 3 rings (SSSR count). The second kappa shape index (κ2) is 8.82. The van der Waals surface area contributed by atoms with Crippen LogP contribution in [0.4, 0.5) is 14.5 Å². The van der Waals surface area contributed by atoms with Crippen LogP contribution in [-0.2, 0) is 11.3 Å². The molecule has 1 heterocycles. The van der Waals surface area contributed by atoms with Gasteiger partial charge in [-0.05, 0) is 54.8 Å². The van der Waals surface area contributed by atoms with Gasteiger partial charge in [0.15, 0.2) is 0 Å². The third-order valence-electron chi connectivity index (χ3n) is 4.66. The number of carbonyl (C=O) groups excluding carboxylic acids is 2. The highest BCUT2D eigenvalue weighted by molar-refractivity contribution is 5.96. The number of halogens is 2. The van der Waals surface area contributed by atoms with Crippen molar-refractivity contribution in [3.05, 3.63) is 59.7 Å². The molecule has 7 heteroatoms. The van der Waals surface area contributed by atoms with Crippen molar-refractivity contribution in [1.82, 2.24) is 4.90 Å². The van der Waals surface area contributed by atoms with Gasteiger partial charge in [0, 0.05) is 37.8 Å². The van der Waals surface area contributed by atoms with Crippen LogP contribution in [0.3, 0.4) is 0 Å². The van der Waals surface area contributed by atoms with Gasteiger partial charge < -0.3 is 14.5 Å². The molecule has 0 unspecified atom stereocenters. The number of ether oxygens (including phenoxy) is 1. The van der Waals surface area contributed by atoms with Gasteiger partial charge in [0.05, 0.1) is 0 Å². The van der Waals surface area contributed by atoms with E-state index in [1.54, 1.807) is 53.2 Å². The van der Waals surface area contributed by atoms with E-state index >= 15 is 0 Å². The Morgan fingerprint density at radius 3 is 2.39 bits per heavy atom. The van der Waals surface area contributed by atoms with Crippen molar-refractivity contribution >= 4 is 17.5 Å². The first kappa shape index (κ1) is 19.8. The Kier molecular flexibility index (Phi) is 6.23. The number of hydrogen-bond acceptors (Lipinski definition) is 3. The first-order valence-corrected chi connectivity index (χ1v) is 9.13. The summed E-state index contributed by atoms with van der Waals surface area (Å²) in [5.41, 5.74) is 2.12. The number of alkyl halides is 2. The summed E-state index contributed by atoms with van der Waals surface area (Å²) in [6.07, 6.45) is 2.47. The number of benzene rings is 2. The molecule has 0 saturated carbocycles. The third kappa shape index (κ3) is 4.85. The van der Waals surface area contributed by atoms with Crippen LogP contribution in [0.15, 0.2) is 48.5 Å². The smallest absolute Gasteiger partial charge is 0.387 e. The molecule has 1 fully saturated rings. The lowest BCUT2D eigenvalue weighted by Gasteiger charge is -2.27. The number of hydrogen-bond donors (Lipinski definition) is 0. The van der Waals surface area contributed by atoms with Crippen LogP contribution in [-0.4, -0.2) is 36.9 Å². The lowest BCUT2D eigenvalue weighted by atomic mass is 10.1. The number of nitrogens with zero attached hydrogens (tertiary/aromatic N) is 2. The average Bonchev–Trinajstić information content (AvgIpc) is 2.69. The van der Waals surface area contributed by atoms with Crippen LogP contribution in [0.1, 0.15) is 35.2 Å². The van der Waals surface area contributed by atoms with Crippen LogP contribution < -0.4 is 9.64 Å². The maximum Gasteiger partial charge on any atom is 0.387 e.